The van der Waals surface area contributed by atoms with E-state index in [9.17, 15) is 9.59 Å². The summed E-state index contributed by atoms with van der Waals surface area (Å²) in [5.74, 6) is 0.804. The van der Waals surface area contributed by atoms with Gasteiger partial charge in [-0.1, -0.05) is 18.2 Å². The molecule has 0 spiro atoms. The molecule has 5 heteroatoms. The van der Waals surface area contributed by atoms with Gasteiger partial charge in [-0.15, -0.1) is 0 Å². The summed E-state index contributed by atoms with van der Waals surface area (Å²) < 4.78 is 5.28. The minimum Gasteiger partial charge on any atom is -0.497 e. The average Bonchev–Trinajstić information content (AvgIpc) is 3.00. The minimum atomic E-state index is -0.321. The Morgan fingerprint density at radius 1 is 1.10 bits per heavy atom. The second kappa shape index (κ2) is 8.21. The number of aromatic amines is 1. The summed E-state index contributed by atoms with van der Waals surface area (Å²) in [6.07, 6.45) is 0. The molecule has 0 saturated carbocycles. The predicted molar refractivity (Wildman–Crippen MR) is 116 cm³/mol. The lowest BCUT2D eigenvalue weighted by Gasteiger charge is -2.23. The number of fused-ring (bicyclic) bond motifs is 1. The Hall–Kier alpha value is -2.92. The van der Waals surface area contributed by atoms with E-state index in [2.05, 4.69) is 23.2 Å². The summed E-state index contributed by atoms with van der Waals surface area (Å²) in [6, 6.07) is 12.0. The van der Waals surface area contributed by atoms with Gasteiger partial charge in [0, 0.05) is 17.8 Å². The Kier molecular flexibility index (Phi) is 5.89. The van der Waals surface area contributed by atoms with Crippen molar-refractivity contribution < 1.29 is 14.3 Å². The van der Waals surface area contributed by atoms with Crippen LogP contribution in [0.4, 0.5) is 0 Å². The number of hydrogen-bond acceptors (Lipinski definition) is 4. The Labute approximate surface area is 171 Å². The lowest BCUT2D eigenvalue weighted by atomic mass is 10.0. The van der Waals surface area contributed by atoms with Crippen LogP contribution in [-0.4, -0.2) is 41.6 Å². The van der Waals surface area contributed by atoms with Crippen LogP contribution in [0.25, 0.3) is 10.8 Å². The number of benzene rings is 2. The zero-order chi connectivity index (χ0) is 21.3. The molecule has 1 atom stereocenters. The van der Waals surface area contributed by atoms with Crippen molar-refractivity contribution in [2.75, 3.05) is 14.2 Å². The number of hydrogen-bond donors (Lipinski definition) is 1. The molecule has 0 aliphatic rings. The van der Waals surface area contributed by atoms with Crippen LogP contribution in [-0.2, 0) is 6.54 Å². The number of likely N-dealkylation sites (N-methyl/N-ethyl adjacent to an activating group) is 1. The highest BCUT2D eigenvalue weighted by molar-refractivity contribution is 6.05. The molecule has 1 aromatic heterocycles. The van der Waals surface area contributed by atoms with E-state index in [1.165, 1.54) is 6.92 Å². The molecule has 1 N–H and O–H groups in total. The lowest BCUT2D eigenvalue weighted by Crippen LogP contribution is -2.36. The van der Waals surface area contributed by atoms with Gasteiger partial charge in [-0.05, 0) is 74.8 Å². The fourth-order valence-electron chi connectivity index (χ4n) is 3.86. The van der Waals surface area contributed by atoms with E-state index >= 15 is 0 Å². The van der Waals surface area contributed by atoms with E-state index < -0.39 is 0 Å². The number of carbonyl (C=O) groups is 2. The van der Waals surface area contributed by atoms with Crippen LogP contribution in [0, 0.1) is 13.8 Å². The molecule has 5 nitrogen and oxygen atoms in total. The smallest absolute Gasteiger partial charge is 0.196 e. The summed E-state index contributed by atoms with van der Waals surface area (Å²) in [7, 11) is 3.60. The van der Waals surface area contributed by atoms with Gasteiger partial charge < -0.3 is 9.72 Å². The van der Waals surface area contributed by atoms with Gasteiger partial charge in [-0.25, -0.2) is 0 Å². The molecule has 0 amide bonds. The summed E-state index contributed by atoms with van der Waals surface area (Å²) in [6.45, 7) is 7.74. The highest BCUT2D eigenvalue weighted by Gasteiger charge is 2.26. The number of nitrogens with one attached hydrogen (secondary N) is 1. The quantitative estimate of drug-likeness (QED) is 0.592. The SMILES string of the molecule is COc1ccc2cc(CN(C)[C@@H](C)C(=O)c3[nH]c(C)c(C(C)=O)c3C)ccc2c1. The van der Waals surface area contributed by atoms with Gasteiger partial charge in [0.1, 0.15) is 5.75 Å². The number of methoxy groups -OCH3 is 1. The Balaban J connectivity index is 1.79. The average molecular weight is 392 g/mol. The molecule has 0 unspecified atom stereocenters. The van der Waals surface area contributed by atoms with Gasteiger partial charge in [0.15, 0.2) is 11.6 Å². The van der Waals surface area contributed by atoms with Gasteiger partial charge in [0.2, 0.25) is 0 Å². The van der Waals surface area contributed by atoms with Crippen molar-refractivity contribution in [3.63, 3.8) is 0 Å². The number of aromatic nitrogens is 1. The largest absolute Gasteiger partial charge is 0.497 e. The first-order valence-corrected chi connectivity index (χ1v) is 9.74. The second-order valence-electron chi connectivity index (χ2n) is 7.68. The predicted octanol–water partition coefficient (Wildman–Crippen LogP) is 4.70. The van der Waals surface area contributed by atoms with Crippen molar-refractivity contribution in [3.8, 4) is 5.75 Å². The van der Waals surface area contributed by atoms with Gasteiger partial charge in [-0.3, -0.25) is 14.5 Å². The van der Waals surface area contributed by atoms with Gasteiger partial charge in [-0.2, -0.15) is 0 Å². The van der Waals surface area contributed by atoms with Crippen LogP contribution >= 0.6 is 0 Å². The minimum absolute atomic E-state index is 0.00822. The Morgan fingerprint density at radius 3 is 2.38 bits per heavy atom. The number of ether oxygens (including phenoxy) is 1. The van der Waals surface area contributed by atoms with Crippen LogP contribution in [0.5, 0.6) is 5.75 Å². The van der Waals surface area contributed by atoms with Crippen molar-refractivity contribution in [1.29, 1.82) is 0 Å². The van der Waals surface area contributed by atoms with Crippen molar-refractivity contribution in [2.24, 2.45) is 0 Å². The summed E-state index contributed by atoms with van der Waals surface area (Å²) in [5.41, 5.74) is 3.76. The summed E-state index contributed by atoms with van der Waals surface area (Å²) in [5, 5.41) is 2.26. The number of carbonyl (C=O) groups excluding carboxylic acids is 2. The molecule has 0 radical (unpaired) electrons. The van der Waals surface area contributed by atoms with Crippen molar-refractivity contribution in [1.82, 2.24) is 9.88 Å². The summed E-state index contributed by atoms with van der Waals surface area (Å²) in [4.78, 5) is 30.1. The lowest BCUT2D eigenvalue weighted by molar-refractivity contribution is 0.0856. The van der Waals surface area contributed by atoms with Crippen molar-refractivity contribution in [2.45, 2.75) is 40.3 Å². The highest BCUT2D eigenvalue weighted by Crippen LogP contribution is 2.24. The Morgan fingerprint density at radius 2 is 1.76 bits per heavy atom. The fourth-order valence-corrected chi connectivity index (χ4v) is 3.86. The molecule has 0 fully saturated rings. The van der Waals surface area contributed by atoms with Crippen LogP contribution in [0.2, 0.25) is 0 Å². The van der Waals surface area contributed by atoms with Crippen LogP contribution in [0.3, 0.4) is 0 Å². The molecular weight excluding hydrogens is 364 g/mol. The topological polar surface area (TPSA) is 62.4 Å². The maximum absolute atomic E-state index is 13.1. The second-order valence-corrected chi connectivity index (χ2v) is 7.68. The first-order valence-electron chi connectivity index (χ1n) is 9.74. The van der Waals surface area contributed by atoms with E-state index in [-0.39, 0.29) is 17.6 Å². The van der Waals surface area contributed by atoms with E-state index in [1.54, 1.807) is 7.11 Å². The number of Topliss-reactive ketones (excluding diaryl/α,β-unsaturated/α-hetero) is 2. The van der Waals surface area contributed by atoms with E-state index in [0.29, 0.717) is 17.8 Å². The first kappa shape index (κ1) is 20.8. The Bertz CT molecular complexity index is 1080. The molecule has 0 aliphatic carbocycles. The molecule has 0 bridgehead atoms. The van der Waals surface area contributed by atoms with Crippen molar-refractivity contribution in [3.05, 3.63) is 64.5 Å². The molecule has 29 heavy (non-hydrogen) atoms. The number of nitrogens with zero attached hydrogens (tertiary/aromatic N) is 1. The monoisotopic (exact) mass is 392 g/mol. The van der Waals surface area contributed by atoms with E-state index in [1.807, 2.05) is 50.9 Å². The van der Waals surface area contributed by atoms with E-state index in [0.717, 1.165) is 33.3 Å². The fraction of sp³-hybridized carbons (Fsp3) is 0.333. The number of H-pyrrole nitrogens is 1. The molecule has 0 saturated heterocycles. The third kappa shape index (κ3) is 4.10. The zero-order valence-electron chi connectivity index (χ0n) is 17.9. The van der Waals surface area contributed by atoms with Gasteiger partial charge in [0.05, 0.1) is 18.8 Å². The van der Waals surface area contributed by atoms with Crippen LogP contribution in [0.1, 0.15) is 51.5 Å². The zero-order valence-corrected chi connectivity index (χ0v) is 17.9. The van der Waals surface area contributed by atoms with Gasteiger partial charge >= 0.3 is 0 Å². The normalized spacial score (nSPS) is 12.4. The van der Waals surface area contributed by atoms with Gasteiger partial charge in [0.25, 0.3) is 0 Å². The molecule has 152 valence electrons. The molecule has 3 rings (SSSR count). The standard InChI is InChI=1S/C24H28N2O3/c1-14-22(17(4)27)15(2)25-23(14)24(28)16(3)26(5)13-18-7-8-20-12-21(29-6)10-9-19(20)11-18/h7-12,16,25H,13H2,1-6H3/t16-/m0/s1. The van der Waals surface area contributed by atoms with Crippen LogP contribution < -0.4 is 4.74 Å². The number of ketones is 2. The maximum Gasteiger partial charge on any atom is 0.196 e. The van der Waals surface area contributed by atoms with E-state index in [4.69, 9.17) is 4.74 Å². The third-order valence-corrected chi connectivity index (χ3v) is 5.62. The number of aryl methyl sites for hydroxylation is 1. The first-order chi connectivity index (χ1) is 13.7. The molecule has 2 aromatic carbocycles. The molecule has 0 aliphatic heterocycles. The maximum atomic E-state index is 13.1. The number of rotatable bonds is 7. The third-order valence-electron chi connectivity index (χ3n) is 5.62. The summed E-state index contributed by atoms with van der Waals surface area (Å²) >= 11 is 0. The molecule has 1 heterocycles. The highest BCUT2D eigenvalue weighted by atomic mass is 16.5. The van der Waals surface area contributed by atoms with Crippen LogP contribution in [0.15, 0.2) is 36.4 Å². The molecule has 3 aromatic rings. The van der Waals surface area contributed by atoms with Crippen molar-refractivity contribution >= 4 is 22.3 Å². The molecular formula is C24H28N2O3.